The third-order valence-corrected chi connectivity index (χ3v) is 4.25. The van der Waals surface area contributed by atoms with Gasteiger partial charge in [-0.15, -0.1) is 0 Å². The molecule has 2 rings (SSSR count). The number of hydrogen-bond acceptors (Lipinski definition) is 3. The molecule has 0 amide bonds. The summed E-state index contributed by atoms with van der Waals surface area (Å²) in [5.74, 6) is 0.598. The highest BCUT2D eigenvalue weighted by Crippen LogP contribution is 2.26. The summed E-state index contributed by atoms with van der Waals surface area (Å²) in [6.45, 7) is 3.04. The lowest BCUT2D eigenvalue weighted by Crippen LogP contribution is -2.13. The maximum absolute atomic E-state index is 11.5. The van der Waals surface area contributed by atoms with Gasteiger partial charge in [-0.1, -0.05) is 38.2 Å². The molecule has 1 aromatic rings. The van der Waals surface area contributed by atoms with Crippen LogP contribution in [0.15, 0.2) is 18.2 Å². The molecule has 1 N–H and O–H groups in total. The second kappa shape index (κ2) is 7.32. The molecule has 1 aliphatic carbocycles. The molecule has 3 nitrogen and oxygen atoms in total. The van der Waals surface area contributed by atoms with Crippen LogP contribution in [0.3, 0.4) is 0 Å². The standard InChI is InChI=1S/C17H25NO2/c1-13-8-9-15(17(19)20-2)12-16(13)18-11-10-14-6-4-3-5-7-14/h8-9,12,14,18H,3-7,10-11H2,1-2H3. The van der Waals surface area contributed by atoms with Crippen LogP contribution in [0.2, 0.25) is 0 Å². The van der Waals surface area contributed by atoms with Crippen molar-refractivity contribution in [2.75, 3.05) is 19.0 Å². The van der Waals surface area contributed by atoms with Crippen LogP contribution in [0.5, 0.6) is 0 Å². The van der Waals surface area contributed by atoms with E-state index in [-0.39, 0.29) is 5.97 Å². The number of nitrogens with one attached hydrogen (secondary N) is 1. The molecule has 0 atom stereocenters. The Labute approximate surface area is 121 Å². The zero-order chi connectivity index (χ0) is 14.4. The third kappa shape index (κ3) is 3.99. The van der Waals surface area contributed by atoms with Crippen molar-refractivity contribution in [3.8, 4) is 0 Å². The maximum atomic E-state index is 11.5. The lowest BCUT2D eigenvalue weighted by molar-refractivity contribution is 0.0601. The van der Waals surface area contributed by atoms with Crippen molar-refractivity contribution in [3.63, 3.8) is 0 Å². The first kappa shape index (κ1) is 14.9. The molecular formula is C17H25NO2. The molecule has 1 saturated carbocycles. The summed E-state index contributed by atoms with van der Waals surface area (Å²) in [6.07, 6.45) is 8.17. The van der Waals surface area contributed by atoms with Crippen LogP contribution in [0, 0.1) is 12.8 Å². The minimum Gasteiger partial charge on any atom is -0.465 e. The molecule has 0 unspecified atom stereocenters. The maximum Gasteiger partial charge on any atom is 0.337 e. The van der Waals surface area contributed by atoms with Gasteiger partial charge < -0.3 is 10.1 Å². The second-order valence-corrected chi connectivity index (χ2v) is 5.74. The Morgan fingerprint density at radius 3 is 2.75 bits per heavy atom. The van der Waals surface area contributed by atoms with Crippen LogP contribution in [0.25, 0.3) is 0 Å². The topological polar surface area (TPSA) is 38.3 Å². The summed E-state index contributed by atoms with van der Waals surface area (Å²) < 4.78 is 4.76. The van der Waals surface area contributed by atoms with E-state index in [0.29, 0.717) is 5.56 Å². The number of benzene rings is 1. The largest absolute Gasteiger partial charge is 0.465 e. The smallest absolute Gasteiger partial charge is 0.337 e. The predicted molar refractivity (Wildman–Crippen MR) is 82.2 cm³/mol. The summed E-state index contributed by atoms with van der Waals surface area (Å²) in [4.78, 5) is 11.5. The van der Waals surface area contributed by atoms with Crippen molar-refractivity contribution in [2.24, 2.45) is 5.92 Å². The van der Waals surface area contributed by atoms with Crippen molar-refractivity contribution < 1.29 is 9.53 Å². The summed E-state index contributed by atoms with van der Waals surface area (Å²) in [5.41, 5.74) is 2.82. The van der Waals surface area contributed by atoms with E-state index in [1.54, 1.807) is 0 Å². The zero-order valence-corrected chi connectivity index (χ0v) is 12.6. The molecule has 0 spiro atoms. The molecule has 0 aromatic heterocycles. The Morgan fingerprint density at radius 2 is 2.05 bits per heavy atom. The molecule has 0 radical (unpaired) electrons. The van der Waals surface area contributed by atoms with Gasteiger partial charge in [-0.2, -0.15) is 0 Å². The van der Waals surface area contributed by atoms with Gasteiger partial charge in [0, 0.05) is 12.2 Å². The van der Waals surface area contributed by atoms with E-state index in [4.69, 9.17) is 4.74 Å². The first-order valence-electron chi connectivity index (χ1n) is 7.63. The number of anilines is 1. The van der Waals surface area contributed by atoms with Crippen LogP contribution in [0.4, 0.5) is 5.69 Å². The highest BCUT2D eigenvalue weighted by molar-refractivity contribution is 5.90. The van der Waals surface area contributed by atoms with Crippen molar-refractivity contribution in [1.29, 1.82) is 0 Å². The molecule has 1 aromatic carbocycles. The van der Waals surface area contributed by atoms with E-state index in [2.05, 4.69) is 12.2 Å². The minimum absolute atomic E-state index is 0.277. The highest BCUT2D eigenvalue weighted by Gasteiger charge is 2.13. The average Bonchev–Trinajstić information content (AvgIpc) is 2.49. The van der Waals surface area contributed by atoms with Gasteiger partial charge in [0.25, 0.3) is 0 Å². The van der Waals surface area contributed by atoms with Crippen molar-refractivity contribution in [3.05, 3.63) is 29.3 Å². The quantitative estimate of drug-likeness (QED) is 0.820. The van der Waals surface area contributed by atoms with Crippen LogP contribution in [0.1, 0.15) is 54.4 Å². The first-order chi connectivity index (χ1) is 9.70. The van der Waals surface area contributed by atoms with Gasteiger partial charge in [-0.25, -0.2) is 4.79 Å². The lowest BCUT2D eigenvalue weighted by Gasteiger charge is -2.22. The van der Waals surface area contributed by atoms with Crippen molar-refractivity contribution >= 4 is 11.7 Å². The minimum atomic E-state index is -0.277. The predicted octanol–water partition coefficient (Wildman–Crippen LogP) is 4.16. The van der Waals surface area contributed by atoms with Crippen molar-refractivity contribution in [2.45, 2.75) is 45.4 Å². The van der Waals surface area contributed by atoms with Gasteiger partial charge in [-0.3, -0.25) is 0 Å². The Kier molecular flexibility index (Phi) is 5.45. The van der Waals surface area contributed by atoms with Crippen LogP contribution >= 0.6 is 0 Å². The molecule has 0 bridgehead atoms. The molecule has 3 heteroatoms. The van der Waals surface area contributed by atoms with E-state index in [1.165, 1.54) is 51.2 Å². The first-order valence-corrected chi connectivity index (χ1v) is 7.63. The number of carbonyl (C=O) groups is 1. The van der Waals surface area contributed by atoms with E-state index in [0.717, 1.165) is 18.2 Å². The van der Waals surface area contributed by atoms with Crippen molar-refractivity contribution in [1.82, 2.24) is 0 Å². The number of carbonyl (C=O) groups excluding carboxylic acids is 1. The molecule has 0 saturated heterocycles. The number of methoxy groups -OCH3 is 1. The molecule has 20 heavy (non-hydrogen) atoms. The fourth-order valence-corrected chi connectivity index (χ4v) is 2.94. The van der Waals surface area contributed by atoms with E-state index < -0.39 is 0 Å². The molecule has 0 aliphatic heterocycles. The Morgan fingerprint density at radius 1 is 1.30 bits per heavy atom. The van der Waals surface area contributed by atoms with Crippen LogP contribution in [-0.4, -0.2) is 19.6 Å². The molecule has 0 heterocycles. The Hall–Kier alpha value is -1.51. The molecule has 1 fully saturated rings. The monoisotopic (exact) mass is 275 g/mol. The van der Waals surface area contributed by atoms with Gasteiger partial charge in [0.05, 0.1) is 12.7 Å². The van der Waals surface area contributed by atoms with E-state index in [1.807, 2.05) is 18.2 Å². The molecule has 110 valence electrons. The molecule has 1 aliphatic rings. The fraction of sp³-hybridized carbons (Fsp3) is 0.588. The average molecular weight is 275 g/mol. The summed E-state index contributed by atoms with van der Waals surface area (Å²) >= 11 is 0. The normalized spacial score (nSPS) is 15.9. The van der Waals surface area contributed by atoms with Gasteiger partial charge in [0.15, 0.2) is 0 Å². The zero-order valence-electron chi connectivity index (χ0n) is 12.6. The summed E-state index contributed by atoms with van der Waals surface area (Å²) in [6, 6.07) is 5.67. The number of esters is 1. The molecular weight excluding hydrogens is 250 g/mol. The number of aryl methyl sites for hydroxylation is 1. The fourth-order valence-electron chi connectivity index (χ4n) is 2.94. The summed E-state index contributed by atoms with van der Waals surface area (Å²) in [7, 11) is 1.42. The van der Waals surface area contributed by atoms with E-state index in [9.17, 15) is 4.79 Å². The number of ether oxygens (including phenoxy) is 1. The number of rotatable bonds is 5. The second-order valence-electron chi connectivity index (χ2n) is 5.74. The number of hydrogen-bond donors (Lipinski definition) is 1. The lowest BCUT2D eigenvalue weighted by atomic mass is 9.87. The van der Waals surface area contributed by atoms with Gasteiger partial charge in [-0.05, 0) is 37.0 Å². The third-order valence-electron chi connectivity index (χ3n) is 4.25. The Balaban J connectivity index is 1.89. The Bertz CT molecular complexity index is 450. The van der Waals surface area contributed by atoms with Crippen LogP contribution < -0.4 is 5.32 Å². The highest BCUT2D eigenvalue weighted by atomic mass is 16.5. The van der Waals surface area contributed by atoms with E-state index >= 15 is 0 Å². The van der Waals surface area contributed by atoms with Gasteiger partial charge in [0.2, 0.25) is 0 Å². The summed E-state index contributed by atoms with van der Waals surface area (Å²) in [5, 5.41) is 3.47. The van der Waals surface area contributed by atoms with Crippen LogP contribution in [-0.2, 0) is 4.74 Å². The SMILES string of the molecule is COC(=O)c1ccc(C)c(NCCC2CCCCC2)c1. The van der Waals surface area contributed by atoms with Gasteiger partial charge >= 0.3 is 5.97 Å². The van der Waals surface area contributed by atoms with Gasteiger partial charge in [0.1, 0.15) is 0 Å².